The molecule has 3 rings (SSSR count). The Bertz CT molecular complexity index is 661. The van der Waals surface area contributed by atoms with Gasteiger partial charge in [-0.05, 0) is 43.4 Å². The van der Waals surface area contributed by atoms with Gasteiger partial charge >= 0.3 is 0 Å². The Hall–Kier alpha value is -1.81. The van der Waals surface area contributed by atoms with Crippen LogP contribution in [0.15, 0.2) is 30.5 Å². The average molecular weight is 313 g/mol. The molecule has 1 amide bonds. The Morgan fingerprint density at radius 3 is 3.09 bits per heavy atom. The smallest absolute Gasteiger partial charge is 0.253 e. The second kappa shape index (κ2) is 7.18. The quantitative estimate of drug-likeness (QED) is 0.890. The molecule has 4 heteroatoms. The topological polar surface area (TPSA) is 48.1 Å². The van der Waals surface area contributed by atoms with Crippen LogP contribution >= 0.6 is 0 Å². The van der Waals surface area contributed by atoms with E-state index in [-0.39, 0.29) is 5.91 Å². The maximum atomic E-state index is 12.5. The van der Waals surface area contributed by atoms with Gasteiger partial charge in [-0.1, -0.05) is 26.0 Å². The number of nitrogens with zero attached hydrogens (tertiary/aromatic N) is 1. The molecule has 0 spiro atoms. The Kier molecular flexibility index (Phi) is 5.01. The molecule has 1 aromatic heterocycles. The maximum absolute atomic E-state index is 12.5. The van der Waals surface area contributed by atoms with E-state index >= 15 is 0 Å². The van der Waals surface area contributed by atoms with Gasteiger partial charge in [0.25, 0.3) is 5.91 Å². The highest BCUT2D eigenvalue weighted by Crippen LogP contribution is 2.19. The molecule has 1 fully saturated rings. The summed E-state index contributed by atoms with van der Waals surface area (Å²) >= 11 is 0. The summed E-state index contributed by atoms with van der Waals surface area (Å²) in [6, 6.07) is 7.85. The number of hydrogen-bond acceptors (Lipinski definition) is 2. The molecule has 1 atom stereocenters. The van der Waals surface area contributed by atoms with Gasteiger partial charge in [-0.15, -0.1) is 0 Å². The van der Waals surface area contributed by atoms with Gasteiger partial charge in [-0.3, -0.25) is 4.79 Å². The minimum absolute atomic E-state index is 0.0269. The lowest BCUT2D eigenvalue weighted by atomic mass is 9.97. The van der Waals surface area contributed by atoms with Crippen molar-refractivity contribution in [3.8, 4) is 0 Å². The molecule has 2 N–H and O–H groups in total. The molecule has 1 aromatic carbocycles. The van der Waals surface area contributed by atoms with Crippen molar-refractivity contribution in [2.45, 2.75) is 26.7 Å². The Morgan fingerprint density at radius 1 is 1.39 bits per heavy atom. The minimum Gasteiger partial charge on any atom is -0.361 e. The van der Waals surface area contributed by atoms with Gasteiger partial charge < -0.3 is 15.2 Å². The standard InChI is InChI=1S/C19H27N3O/c1-14(2)12-22-10-4-5-15(13-22)11-21-19(23)17-7-3-6-16-8-9-20-18(16)17/h3,6-9,14-15,20H,4-5,10-13H2,1-2H3,(H,21,23). The third-order valence-corrected chi connectivity index (χ3v) is 4.61. The van der Waals surface area contributed by atoms with Gasteiger partial charge in [0, 0.05) is 31.2 Å². The first-order valence-corrected chi connectivity index (χ1v) is 8.70. The van der Waals surface area contributed by atoms with Crippen molar-refractivity contribution < 1.29 is 4.79 Å². The molecule has 124 valence electrons. The lowest BCUT2D eigenvalue weighted by Gasteiger charge is -2.33. The maximum Gasteiger partial charge on any atom is 0.253 e. The SMILES string of the molecule is CC(C)CN1CCCC(CNC(=O)c2cccc3cc[nH]c23)C1. The molecular weight excluding hydrogens is 286 g/mol. The first-order chi connectivity index (χ1) is 11.1. The number of fused-ring (bicyclic) bond motifs is 1. The number of aromatic amines is 1. The Balaban J connectivity index is 1.57. The predicted molar refractivity (Wildman–Crippen MR) is 94.6 cm³/mol. The van der Waals surface area contributed by atoms with Gasteiger partial charge in [0.1, 0.15) is 0 Å². The fourth-order valence-corrected chi connectivity index (χ4v) is 3.61. The summed E-state index contributed by atoms with van der Waals surface area (Å²) in [7, 11) is 0. The first kappa shape index (κ1) is 16.1. The molecule has 0 radical (unpaired) electrons. The number of rotatable bonds is 5. The second-order valence-corrected chi connectivity index (χ2v) is 7.12. The summed E-state index contributed by atoms with van der Waals surface area (Å²) in [6.45, 7) is 8.76. The number of hydrogen-bond donors (Lipinski definition) is 2. The Labute approximate surface area is 138 Å². The van der Waals surface area contributed by atoms with Crippen LogP contribution in [-0.2, 0) is 0 Å². The number of aromatic nitrogens is 1. The van der Waals surface area contributed by atoms with Gasteiger partial charge in [0.05, 0.1) is 11.1 Å². The van der Waals surface area contributed by atoms with Crippen molar-refractivity contribution in [1.82, 2.24) is 15.2 Å². The molecule has 1 aliphatic heterocycles. The fourth-order valence-electron chi connectivity index (χ4n) is 3.61. The van der Waals surface area contributed by atoms with Crippen LogP contribution < -0.4 is 5.32 Å². The number of piperidine rings is 1. The van der Waals surface area contributed by atoms with Crippen LogP contribution in [0.2, 0.25) is 0 Å². The molecule has 4 nitrogen and oxygen atoms in total. The van der Waals surface area contributed by atoms with Gasteiger partial charge in [0.2, 0.25) is 0 Å². The second-order valence-electron chi connectivity index (χ2n) is 7.12. The van der Waals surface area contributed by atoms with Gasteiger partial charge in [-0.2, -0.15) is 0 Å². The van der Waals surface area contributed by atoms with Crippen molar-refractivity contribution in [2.75, 3.05) is 26.2 Å². The summed E-state index contributed by atoms with van der Waals surface area (Å²) in [6.07, 6.45) is 4.33. The van der Waals surface area contributed by atoms with E-state index in [0.29, 0.717) is 11.8 Å². The number of likely N-dealkylation sites (tertiary alicyclic amines) is 1. The highest BCUT2D eigenvalue weighted by molar-refractivity contribution is 6.05. The lowest BCUT2D eigenvalue weighted by molar-refractivity contribution is 0.0930. The molecule has 0 bridgehead atoms. The number of carbonyl (C=O) groups excluding carboxylic acids is 1. The number of nitrogens with one attached hydrogen (secondary N) is 2. The van der Waals surface area contributed by atoms with Crippen molar-refractivity contribution in [3.63, 3.8) is 0 Å². The monoisotopic (exact) mass is 313 g/mol. The molecule has 0 aliphatic carbocycles. The van der Waals surface area contributed by atoms with Crippen LogP contribution in [-0.4, -0.2) is 42.0 Å². The van der Waals surface area contributed by atoms with Gasteiger partial charge in [-0.25, -0.2) is 0 Å². The van der Waals surface area contributed by atoms with Gasteiger partial charge in [0.15, 0.2) is 0 Å². The normalized spacial score (nSPS) is 19.3. The van der Waals surface area contributed by atoms with Crippen LogP contribution in [0, 0.1) is 11.8 Å². The molecule has 23 heavy (non-hydrogen) atoms. The summed E-state index contributed by atoms with van der Waals surface area (Å²) < 4.78 is 0. The number of benzene rings is 1. The average Bonchev–Trinajstić information content (AvgIpc) is 3.01. The van der Waals surface area contributed by atoms with Crippen LogP contribution in [0.3, 0.4) is 0 Å². The van der Waals surface area contributed by atoms with E-state index in [4.69, 9.17) is 0 Å². The van der Waals surface area contributed by atoms with E-state index in [0.717, 1.165) is 36.1 Å². The van der Waals surface area contributed by atoms with E-state index in [1.54, 1.807) is 0 Å². The molecule has 1 unspecified atom stereocenters. The summed E-state index contributed by atoms with van der Waals surface area (Å²) in [5.74, 6) is 1.29. The Morgan fingerprint density at radius 2 is 2.26 bits per heavy atom. The predicted octanol–water partition coefficient (Wildman–Crippen LogP) is 3.27. The van der Waals surface area contributed by atoms with E-state index in [1.807, 2.05) is 30.5 Å². The summed E-state index contributed by atoms with van der Waals surface area (Å²) in [4.78, 5) is 18.2. The third-order valence-electron chi connectivity index (χ3n) is 4.61. The molecular formula is C19H27N3O. The van der Waals surface area contributed by atoms with Crippen molar-refractivity contribution in [1.29, 1.82) is 0 Å². The summed E-state index contributed by atoms with van der Waals surface area (Å²) in [5.41, 5.74) is 1.66. The van der Waals surface area contributed by atoms with Crippen molar-refractivity contribution in [2.24, 2.45) is 11.8 Å². The largest absolute Gasteiger partial charge is 0.361 e. The molecule has 2 heterocycles. The van der Waals surface area contributed by atoms with Crippen LogP contribution in [0.1, 0.15) is 37.0 Å². The highest BCUT2D eigenvalue weighted by Gasteiger charge is 2.21. The number of H-pyrrole nitrogens is 1. The molecule has 1 saturated heterocycles. The zero-order chi connectivity index (χ0) is 16.2. The summed E-state index contributed by atoms with van der Waals surface area (Å²) in [5, 5.41) is 4.22. The number of para-hydroxylation sites is 1. The first-order valence-electron chi connectivity index (χ1n) is 8.70. The van der Waals surface area contributed by atoms with Crippen LogP contribution in [0.4, 0.5) is 0 Å². The molecule has 1 aliphatic rings. The van der Waals surface area contributed by atoms with Crippen LogP contribution in [0.25, 0.3) is 10.9 Å². The number of amides is 1. The van der Waals surface area contributed by atoms with E-state index < -0.39 is 0 Å². The van der Waals surface area contributed by atoms with E-state index in [9.17, 15) is 4.79 Å². The molecule has 0 saturated carbocycles. The number of carbonyl (C=O) groups is 1. The lowest BCUT2D eigenvalue weighted by Crippen LogP contribution is -2.42. The van der Waals surface area contributed by atoms with Crippen LogP contribution in [0.5, 0.6) is 0 Å². The van der Waals surface area contributed by atoms with E-state index in [1.165, 1.54) is 19.4 Å². The zero-order valence-corrected chi connectivity index (χ0v) is 14.1. The fraction of sp³-hybridized carbons (Fsp3) is 0.526. The van der Waals surface area contributed by atoms with E-state index in [2.05, 4.69) is 29.0 Å². The zero-order valence-electron chi connectivity index (χ0n) is 14.1. The van der Waals surface area contributed by atoms with Crippen molar-refractivity contribution >= 4 is 16.8 Å². The third kappa shape index (κ3) is 3.94. The molecule has 2 aromatic rings. The minimum atomic E-state index is 0.0269. The van der Waals surface area contributed by atoms with Crippen molar-refractivity contribution in [3.05, 3.63) is 36.0 Å². The highest BCUT2D eigenvalue weighted by atomic mass is 16.1.